The Bertz CT molecular complexity index is 716. The third kappa shape index (κ3) is 3.63. The highest BCUT2D eigenvalue weighted by molar-refractivity contribution is 5.40. The fourth-order valence-corrected chi connectivity index (χ4v) is 8.08. The number of hydrogen-bond donors (Lipinski definition) is 3. The summed E-state index contributed by atoms with van der Waals surface area (Å²) in [5.41, 5.74) is 2.47. The van der Waals surface area contributed by atoms with Gasteiger partial charge in [0.25, 0.3) is 0 Å². The molecule has 3 saturated carbocycles. The predicted octanol–water partition coefficient (Wildman–Crippen LogP) is 5.39. The van der Waals surface area contributed by atoms with Crippen molar-refractivity contribution >= 4 is 0 Å². The molecule has 0 aliphatic heterocycles. The molecule has 0 saturated heterocycles. The number of aliphatic hydroxyl groups excluding tert-OH is 2. The Labute approximate surface area is 183 Å². The van der Waals surface area contributed by atoms with Gasteiger partial charge in [-0.3, -0.25) is 0 Å². The lowest BCUT2D eigenvalue weighted by atomic mass is 9.49. The fourth-order valence-electron chi connectivity index (χ4n) is 8.08. The van der Waals surface area contributed by atoms with Crippen molar-refractivity contribution in [1.29, 1.82) is 0 Å². The molecule has 3 N–H and O–H groups in total. The van der Waals surface area contributed by atoms with Crippen molar-refractivity contribution in [2.24, 2.45) is 34.5 Å². The minimum absolute atomic E-state index is 0.193. The van der Waals surface area contributed by atoms with E-state index in [1.165, 1.54) is 31.3 Å². The Balaban J connectivity index is 1.53. The summed E-state index contributed by atoms with van der Waals surface area (Å²) in [4.78, 5) is 0. The predicted molar refractivity (Wildman–Crippen MR) is 122 cm³/mol. The van der Waals surface area contributed by atoms with Gasteiger partial charge in [0.1, 0.15) is 0 Å². The number of aliphatic hydroxyl groups is 3. The van der Waals surface area contributed by atoms with E-state index in [9.17, 15) is 15.3 Å². The first-order chi connectivity index (χ1) is 14.0. The molecule has 0 aromatic rings. The van der Waals surface area contributed by atoms with Crippen LogP contribution in [0.15, 0.2) is 23.3 Å². The van der Waals surface area contributed by atoms with Gasteiger partial charge in [-0.25, -0.2) is 0 Å². The van der Waals surface area contributed by atoms with Crippen molar-refractivity contribution in [3.05, 3.63) is 23.3 Å². The van der Waals surface area contributed by atoms with E-state index in [0.29, 0.717) is 29.6 Å². The second kappa shape index (κ2) is 7.74. The summed E-state index contributed by atoms with van der Waals surface area (Å²) in [6.45, 7) is 11.1. The number of allylic oxidation sites excluding steroid dienone is 3. The molecule has 0 spiro atoms. The average Bonchev–Trinajstić information content (AvgIpc) is 2.99. The Kier molecular flexibility index (Phi) is 5.82. The summed E-state index contributed by atoms with van der Waals surface area (Å²) in [6.07, 6.45) is 13.2. The summed E-state index contributed by atoms with van der Waals surface area (Å²) in [7, 11) is 0. The van der Waals surface area contributed by atoms with Gasteiger partial charge in [0.15, 0.2) is 0 Å². The molecule has 0 aromatic heterocycles. The van der Waals surface area contributed by atoms with Crippen LogP contribution in [0, 0.1) is 34.5 Å². The Hall–Kier alpha value is -0.640. The molecule has 0 aromatic carbocycles. The molecular weight excluding hydrogens is 372 g/mol. The minimum atomic E-state index is -0.555. The first-order valence-electron chi connectivity index (χ1n) is 12.5. The SMILES string of the molecule is C[C@H](CCCC(C)(C)O)[C@H]1CC[C@H]2C3=CC=C4C[C@@H](O)C[C@H](O)[C@]4(C)C3CC[C@]12C. The van der Waals surface area contributed by atoms with Gasteiger partial charge >= 0.3 is 0 Å². The molecule has 4 aliphatic rings. The van der Waals surface area contributed by atoms with Crippen molar-refractivity contribution in [2.45, 2.75) is 110 Å². The van der Waals surface area contributed by atoms with Gasteiger partial charge in [0.2, 0.25) is 0 Å². The maximum atomic E-state index is 11.0. The summed E-state index contributed by atoms with van der Waals surface area (Å²) in [5, 5.41) is 31.3. The summed E-state index contributed by atoms with van der Waals surface area (Å²) < 4.78 is 0. The van der Waals surface area contributed by atoms with Crippen molar-refractivity contribution in [2.75, 3.05) is 0 Å². The van der Waals surface area contributed by atoms with Crippen LogP contribution in [0.1, 0.15) is 92.4 Å². The molecule has 8 atom stereocenters. The first kappa shape index (κ1) is 22.6. The van der Waals surface area contributed by atoms with E-state index in [2.05, 4.69) is 32.9 Å². The minimum Gasteiger partial charge on any atom is -0.393 e. The van der Waals surface area contributed by atoms with Gasteiger partial charge in [0.05, 0.1) is 17.8 Å². The number of rotatable bonds is 5. The van der Waals surface area contributed by atoms with Crippen LogP contribution < -0.4 is 0 Å². The monoisotopic (exact) mass is 416 g/mol. The molecular formula is C27H44O3. The topological polar surface area (TPSA) is 60.7 Å². The standard InChI is InChI=1S/C27H44O3/c1-17(7-6-13-25(2,3)30)21-10-11-22-20-9-8-18-15-19(28)16-24(29)27(18,5)23(20)12-14-26(21,22)4/h8-9,17,19,21-24,28-30H,6-7,10-16H2,1-5H3/t17-,19-,21-,22+,23?,24+,26-,27+/m1/s1. The van der Waals surface area contributed by atoms with Crippen LogP contribution in [0.3, 0.4) is 0 Å². The summed E-state index contributed by atoms with van der Waals surface area (Å²) in [6, 6.07) is 0. The van der Waals surface area contributed by atoms with Gasteiger partial charge in [-0.1, -0.05) is 56.9 Å². The summed E-state index contributed by atoms with van der Waals surface area (Å²) >= 11 is 0. The first-order valence-corrected chi connectivity index (χ1v) is 12.5. The molecule has 1 unspecified atom stereocenters. The summed E-state index contributed by atoms with van der Waals surface area (Å²) in [5.74, 6) is 2.51. The smallest absolute Gasteiger partial charge is 0.0661 e. The van der Waals surface area contributed by atoms with Gasteiger partial charge in [-0.2, -0.15) is 0 Å². The van der Waals surface area contributed by atoms with Crippen LogP contribution in [0.2, 0.25) is 0 Å². The average molecular weight is 417 g/mol. The van der Waals surface area contributed by atoms with Crippen LogP contribution >= 0.6 is 0 Å². The van der Waals surface area contributed by atoms with Crippen LogP contribution in [0.25, 0.3) is 0 Å². The third-order valence-corrected chi connectivity index (χ3v) is 9.86. The Morgan fingerprint density at radius 3 is 2.53 bits per heavy atom. The van der Waals surface area contributed by atoms with E-state index in [1.54, 1.807) is 5.57 Å². The molecule has 30 heavy (non-hydrogen) atoms. The number of hydrogen-bond acceptors (Lipinski definition) is 3. The molecule has 4 aliphatic carbocycles. The molecule has 0 amide bonds. The van der Waals surface area contributed by atoms with E-state index in [0.717, 1.165) is 31.6 Å². The Morgan fingerprint density at radius 1 is 1.10 bits per heavy atom. The zero-order chi connectivity index (χ0) is 21.9. The molecule has 0 radical (unpaired) electrons. The van der Waals surface area contributed by atoms with Crippen LogP contribution in [0.4, 0.5) is 0 Å². The van der Waals surface area contributed by atoms with Gasteiger partial charge in [0, 0.05) is 11.8 Å². The van der Waals surface area contributed by atoms with Gasteiger partial charge < -0.3 is 15.3 Å². The molecule has 3 nitrogen and oxygen atoms in total. The van der Waals surface area contributed by atoms with E-state index in [1.807, 2.05) is 13.8 Å². The lowest BCUT2D eigenvalue weighted by Crippen LogP contribution is -2.52. The molecule has 0 bridgehead atoms. The highest BCUT2D eigenvalue weighted by atomic mass is 16.3. The second-order valence-electron chi connectivity index (χ2n) is 12.3. The van der Waals surface area contributed by atoms with Crippen molar-refractivity contribution < 1.29 is 15.3 Å². The molecule has 4 rings (SSSR count). The quantitative estimate of drug-likeness (QED) is 0.563. The maximum Gasteiger partial charge on any atom is 0.0661 e. The normalized spacial score (nSPS) is 44.5. The molecule has 3 heteroatoms. The second-order valence-corrected chi connectivity index (χ2v) is 12.3. The highest BCUT2D eigenvalue weighted by Gasteiger charge is 2.58. The number of fused-ring (bicyclic) bond motifs is 5. The zero-order valence-electron chi connectivity index (χ0n) is 19.8. The lowest BCUT2D eigenvalue weighted by Gasteiger charge is -2.56. The largest absolute Gasteiger partial charge is 0.393 e. The van der Waals surface area contributed by atoms with Crippen molar-refractivity contribution in [3.63, 3.8) is 0 Å². The maximum absolute atomic E-state index is 11.0. The van der Waals surface area contributed by atoms with Crippen LogP contribution in [0.5, 0.6) is 0 Å². The Morgan fingerprint density at radius 2 is 1.83 bits per heavy atom. The fraction of sp³-hybridized carbons (Fsp3) is 0.852. The van der Waals surface area contributed by atoms with E-state index in [-0.39, 0.29) is 5.41 Å². The van der Waals surface area contributed by atoms with Gasteiger partial charge in [-0.05, 0) is 81.5 Å². The van der Waals surface area contributed by atoms with Crippen LogP contribution in [-0.4, -0.2) is 33.1 Å². The van der Waals surface area contributed by atoms with Crippen LogP contribution in [-0.2, 0) is 0 Å². The van der Waals surface area contributed by atoms with Crippen molar-refractivity contribution in [3.8, 4) is 0 Å². The van der Waals surface area contributed by atoms with E-state index in [4.69, 9.17) is 0 Å². The zero-order valence-corrected chi connectivity index (χ0v) is 19.8. The molecule has 170 valence electrons. The lowest BCUT2D eigenvalue weighted by molar-refractivity contribution is -0.0545. The van der Waals surface area contributed by atoms with Crippen molar-refractivity contribution in [1.82, 2.24) is 0 Å². The molecule has 0 heterocycles. The van der Waals surface area contributed by atoms with Gasteiger partial charge in [-0.15, -0.1) is 0 Å². The third-order valence-electron chi connectivity index (χ3n) is 9.86. The van der Waals surface area contributed by atoms with E-state index < -0.39 is 17.8 Å². The highest BCUT2D eigenvalue weighted by Crippen LogP contribution is 2.66. The molecule has 3 fully saturated rings. The van der Waals surface area contributed by atoms with E-state index >= 15 is 0 Å².